The summed E-state index contributed by atoms with van der Waals surface area (Å²) in [6, 6.07) is 0. The van der Waals surface area contributed by atoms with Gasteiger partial charge in [-0.05, 0) is 6.92 Å². The summed E-state index contributed by atoms with van der Waals surface area (Å²) in [5.41, 5.74) is 5.90. The Morgan fingerprint density at radius 3 is 2.88 bits per heavy atom. The van der Waals surface area contributed by atoms with E-state index in [1.807, 2.05) is 6.92 Å². The van der Waals surface area contributed by atoms with Crippen LogP contribution in [0.5, 0.6) is 0 Å². The number of rotatable bonds is 4. The molecule has 0 atom stereocenters. The first-order valence-electron chi connectivity index (χ1n) is 4.87. The summed E-state index contributed by atoms with van der Waals surface area (Å²) in [4.78, 5) is -0.0412. The van der Waals surface area contributed by atoms with Crippen LogP contribution in [0.2, 0.25) is 0 Å². The summed E-state index contributed by atoms with van der Waals surface area (Å²) < 4.78 is 27.7. The minimum absolute atomic E-state index is 0.0251. The molecule has 92 valence electrons. The van der Waals surface area contributed by atoms with E-state index in [1.165, 1.54) is 23.3 Å². The third-order valence-corrected chi connectivity index (χ3v) is 3.52. The lowest BCUT2D eigenvalue weighted by Gasteiger charge is -2.03. The Balaban J connectivity index is 2.34. The van der Waals surface area contributed by atoms with Crippen molar-refractivity contribution >= 4 is 21.5 Å². The van der Waals surface area contributed by atoms with Crippen LogP contribution in [-0.2, 0) is 16.6 Å². The highest BCUT2D eigenvalue weighted by molar-refractivity contribution is 7.92. The lowest BCUT2D eigenvalue weighted by atomic mass is 10.6. The van der Waals surface area contributed by atoms with Crippen molar-refractivity contribution < 1.29 is 8.42 Å². The maximum absolute atomic E-state index is 12.0. The molecule has 8 nitrogen and oxygen atoms in total. The Labute approximate surface area is 97.9 Å². The van der Waals surface area contributed by atoms with Gasteiger partial charge in [0.15, 0.2) is 5.82 Å². The molecule has 0 spiro atoms. The largest absolute Gasteiger partial charge is 0.381 e. The third kappa shape index (κ3) is 2.23. The molecule has 17 heavy (non-hydrogen) atoms. The van der Waals surface area contributed by atoms with Crippen LogP contribution in [0.15, 0.2) is 23.5 Å². The van der Waals surface area contributed by atoms with Crippen LogP contribution in [0.4, 0.5) is 11.5 Å². The number of nitrogens with one attached hydrogen (secondary N) is 2. The molecule has 0 aliphatic rings. The second-order valence-electron chi connectivity index (χ2n) is 3.33. The minimum Gasteiger partial charge on any atom is -0.381 e. The molecule has 0 saturated heterocycles. The number of aromatic nitrogens is 4. The number of nitrogen functional groups attached to an aromatic ring is 1. The number of H-pyrrole nitrogens is 1. The van der Waals surface area contributed by atoms with Crippen molar-refractivity contribution in [2.75, 3.05) is 10.5 Å². The Kier molecular flexibility index (Phi) is 2.76. The molecule has 0 saturated carbocycles. The van der Waals surface area contributed by atoms with Gasteiger partial charge < -0.3 is 5.73 Å². The van der Waals surface area contributed by atoms with E-state index in [-0.39, 0.29) is 10.7 Å². The highest BCUT2D eigenvalue weighted by Gasteiger charge is 2.21. The summed E-state index contributed by atoms with van der Waals surface area (Å²) in [7, 11) is -3.72. The van der Waals surface area contributed by atoms with E-state index in [9.17, 15) is 8.42 Å². The maximum atomic E-state index is 12.0. The molecular formula is C8H12N6O2S. The van der Waals surface area contributed by atoms with Gasteiger partial charge in [0.1, 0.15) is 4.90 Å². The lowest BCUT2D eigenvalue weighted by molar-refractivity contribution is 0.600. The standard InChI is InChI=1S/C8H12N6O2S/c1-2-14-5-7(8(9)12-14)17(15,16)13-6-3-10-11-4-6/h3-5,13H,2H2,1H3,(H2,9,12)(H,10,11). The molecule has 9 heteroatoms. The van der Waals surface area contributed by atoms with Gasteiger partial charge in [0.05, 0.1) is 11.9 Å². The van der Waals surface area contributed by atoms with Crippen molar-refractivity contribution in [3.63, 3.8) is 0 Å². The molecule has 0 aliphatic carbocycles. The van der Waals surface area contributed by atoms with Crippen LogP contribution in [0.25, 0.3) is 0 Å². The first-order valence-corrected chi connectivity index (χ1v) is 6.36. The van der Waals surface area contributed by atoms with E-state index in [1.54, 1.807) is 0 Å². The van der Waals surface area contributed by atoms with Crippen LogP contribution in [0.1, 0.15) is 6.92 Å². The van der Waals surface area contributed by atoms with Crippen LogP contribution < -0.4 is 10.5 Å². The molecule has 2 rings (SSSR count). The molecule has 0 bridgehead atoms. The number of nitrogens with two attached hydrogens (primary N) is 1. The fraction of sp³-hybridized carbons (Fsp3) is 0.250. The van der Waals surface area contributed by atoms with E-state index in [0.717, 1.165) is 0 Å². The summed E-state index contributed by atoms with van der Waals surface area (Å²) in [5.74, 6) is -0.0251. The van der Waals surface area contributed by atoms with Crippen LogP contribution in [-0.4, -0.2) is 28.4 Å². The van der Waals surface area contributed by atoms with E-state index in [2.05, 4.69) is 20.0 Å². The molecule has 2 aromatic heterocycles. The molecule has 0 amide bonds. The Bertz CT molecular complexity index is 600. The number of nitrogens with zero attached hydrogens (tertiary/aromatic N) is 3. The van der Waals surface area contributed by atoms with E-state index >= 15 is 0 Å². The zero-order valence-corrected chi connectivity index (χ0v) is 9.90. The Morgan fingerprint density at radius 2 is 2.35 bits per heavy atom. The highest BCUT2D eigenvalue weighted by atomic mass is 32.2. The molecule has 4 N–H and O–H groups in total. The van der Waals surface area contributed by atoms with E-state index < -0.39 is 10.0 Å². The first-order chi connectivity index (χ1) is 8.03. The van der Waals surface area contributed by atoms with Gasteiger partial charge in [0, 0.05) is 18.9 Å². The second kappa shape index (κ2) is 4.09. The molecule has 2 heterocycles. The normalized spacial score (nSPS) is 11.6. The average molecular weight is 256 g/mol. The summed E-state index contributed by atoms with van der Waals surface area (Å²) in [6.45, 7) is 2.39. The minimum atomic E-state index is -3.72. The van der Waals surface area contributed by atoms with Crippen molar-refractivity contribution in [3.8, 4) is 0 Å². The molecule has 2 aromatic rings. The van der Waals surface area contributed by atoms with E-state index in [0.29, 0.717) is 12.2 Å². The zero-order chi connectivity index (χ0) is 12.5. The van der Waals surface area contributed by atoms with Gasteiger partial charge >= 0.3 is 0 Å². The fourth-order valence-electron chi connectivity index (χ4n) is 1.30. The Hall–Kier alpha value is -2.03. The molecule has 0 unspecified atom stereocenters. The van der Waals surface area contributed by atoms with Crippen molar-refractivity contribution in [1.82, 2.24) is 20.0 Å². The number of hydrogen-bond donors (Lipinski definition) is 3. The molecular weight excluding hydrogens is 244 g/mol. The smallest absolute Gasteiger partial charge is 0.267 e. The van der Waals surface area contributed by atoms with Gasteiger partial charge in [-0.15, -0.1) is 0 Å². The van der Waals surface area contributed by atoms with Crippen LogP contribution in [0.3, 0.4) is 0 Å². The molecule has 0 radical (unpaired) electrons. The number of aromatic amines is 1. The van der Waals surface area contributed by atoms with Crippen LogP contribution >= 0.6 is 0 Å². The van der Waals surface area contributed by atoms with Gasteiger partial charge in [0.2, 0.25) is 0 Å². The summed E-state index contributed by atoms with van der Waals surface area (Å²) in [5, 5.41) is 10.0. The summed E-state index contributed by atoms with van der Waals surface area (Å²) in [6.07, 6.45) is 4.17. The van der Waals surface area contributed by atoms with Gasteiger partial charge in [0.25, 0.3) is 10.0 Å². The lowest BCUT2D eigenvalue weighted by Crippen LogP contribution is -2.13. The molecule has 0 aliphatic heterocycles. The predicted molar refractivity (Wildman–Crippen MR) is 61.7 cm³/mol. The third-order valence-electron chi connectivity index (χ3n) is 2.12. The first kappa shape index (κ1) is 11.5. The topological polar surface area (TPSA) is 119 Å². The number of hydrogen-bond acceptors (Lipinski definition) is 5. The highest BCUT2D eigenvalue weighted by Crippen LogP contribution is 2.19. The predicted octanol–water partition coefficient (Wildman–Crippen LogP) is 0.00910. The molecule has 0 fully saturated rings. The monoisotopic (exact) mass is 256 g/mol. The van der Waals surface area contributed by atoms with Crippen molar-refractivity contribution in [3.05, 3.63) is 18.6 Å². The zero-order valence-electron chi connectivity index (χ0n) is 9.08. The van der Waals surface area contributed by atoms with Crippen molar-refractivity contribution in [2.24, 2.45) is 0 Å². The van der Waals surface area contributed by atoms with Gasteiger partial charge in [-0.25, -0.2) is 8.42 Å². The van der Waals surface area contributed by atoms with Gasteiger partial charge in [-0.2, -0.15) is 10.2 Å². The van der Waals surface area contributed by atoms with E-state index in [4.69, 9.17) is 5.73 Å². The SMILES string of the molecule is CCn1cc(S(=O)(=O)Nc2cn[nH]c2)c(N)n1. The average Bonchev–Trinajstić information content (AvgIpc) is 2.86. The molecule has 0 aromatic carbocycles. The summed E-state index contributed by atoms with van der Waals surface area (Å²) >= 11 is 0. The van der Waals surface area contributed by atoms with Crippen molar-refractivity contribution in [1.29, 1.82) is 0 Å². The fourth-order valence-corrected chi connectivity index (χ4v) is 2.41. The maximum Gasteiger partial charge on any atom is 0.267 e. The number of sulfonamides is 1. The van der Waals surface area contributed by atoms with Gasteiger partial charge in [-0.1, -0.05) is 0 Å². The second-order valence-corrected chi connectivity index (χ2v) is 4.98. The van der Waals surface area contributed by atoms with Gasteiger partial charge in [-0.3, -0.25) is 14.5 Å². The Morgan fingerprint density at radius 1 is 1.59 bits per heavy atom. The number of aryl methyl sites for hydroxylation is 1. The quantitative estimate of drug-likeness (QED) is 0.712. The van der Waals surface area contributed by atoms with Crippen LogP contribution in [0, 0.1) is 0 Å². The van der Waals surface area contributed by atoms with Crippen molar-refractivity contribution in [2.45, 2.75) is 18.4 Å². The number of anilines is 2.